The lowest BCUT2D eigenvalue weighted by Gasteiger charge is -2.48. The van der Waals surface area contributed by atoms with Gasteiger partial charge in [0, 0.05) is 62.0 Å². The van der Waals surface area contributed by atoms with Crippen LogP contribution in [0.3, 0.4) is 0 Å². The van der Waals surface area contributed by atoms with Gasteiger partial charge in [0.25, 0.3) is 0 Å². The Labute approximate surface area is 245 Å². The van der Waals surface area contributed by atoms with E-state index in [4.69, 9.17) is 4.42 Å². The molecule has 0 amide bonds. The summed E-state index contributed by atoms with van der Waals surface area (Å²) in [5.74, 6) is 1.82. The van der Waals surface area contributed by atoms with Crippen LogP contribution in [-0.4, -0.2) is 69.7 Å². The van der Waals surface area contributed by atoms with Gasteiger partial charge < -0.3 is 9.32 Å². The molecule has 3 heterocycles. The van der Waals surface area contributed by atoms with Crippen LogP contribution in [0.25, 0.3) is 5.57 Å². The molecule has 220 valence electrons. The summed E-state index contributed by atoms with van der Waals surface area (Å²) in [6.45, 7) is 12.5. The first-order chi connectivity index (χ1) is 20.0. The predicted molar refractivity (Wildman–Crippen MR) is 162 cm³/mol. The number of piperidine rings is 1. The molecule has 7 heteroatoms. The Morgan fingerprint density at radius 3 is 2.51 bits per heavy atom. The van der Waals surface area contributed by atoms with Gasteiger partial charge >= 0.3 is 0 Å². The summed E-state index contributed by atoms with van der Waals surface area (Å²) >= 11 is 0. The van der Waals surface area contributed by atoms with Crippen molar-refractivity contribution in [3.05, 3.63) is 76.4 Å². The Morgan fingerprint density at radius 1 is 1.00 bits per heavy atom. The van der Waals surface area contributed by atoms with E-state index in [2.05, 4.69) is 63.0 Å². The maximum Gasteiger partial charge on any atom is 0.244 e. The summed E-state index contributed by atoms with van der Waals surface area (Å²) in [5, 5.41) is 8.30. The molecule has 3 fully saturated rings. The van der Waals surface area contributed by atoms with Gasteiger partial charge in [-0.25, -0.2) is 4.39 Å². The van der Waals surface area contributed by atoms with E-state index in [0.717, 1.165) is 88.9 Å². The average Bonchev–Trinajstić information content (AvgIpc) is 3.78. The topological polar surface area (TPSA) is 48.6 Å². The summed E-state index contributed by atoms with van der Waals surface area (Å²) < 4.78 is 20.5. The van der Waals surface area contributed by atoms with Crippen molar-refractivity contribution in [1.29, 1.82) is 0 Å². The molecule has 1 aromatic carbocycles. The lowest BCUT2D eigenvalue weighted by Crippen LogP contribution is -2.58. The highest BCUT2D eigenvalue weighted by molar-refractivity contribution is 5.64. The molecule has 1 aromatic heterocycles. The van der Waals surface area contributed by atoms with E-state index in [1.807, 2.05) is 13.0 Å². The number of aromatic nitrogens is 2. The van der Waals surface area contributed by atoms with E-state index in [0.29, 0.717) is 29.8 Å². The molecule has 2 aliphatic carbocycles. The SMILES string of the molecule is CCCC1=CCC(c2nnc(C)o2)=CC=C1N1CCN(C2CCN(Cc3ccc(C4CC4)cc3F)CC2)[C@@H](CC)C1. The van der Waals surface area contributed by atoms with Gasteiger partial charge in [0.2, 0.25) is 11.8 Å². The van der Waals surface area contributed by atoms with Gasteiger partial charge in [-0.15, -0.1) is 10.2 Å². The summed E-state index contributed by atoms with van der Waals surface area (Å²) in [5.41, 5.74) is 5.92. The monoisotopic (exact) mass is 559 g/mol. The molecule has 6 nitrogen and oxygen atoms in total. The normalized spacial score (nSPS) is 23.3. The summed E-state index contributed by atoms with van der Waals surface area (Å²) in [6.07, 6.45) is 15.8. The Balaban J connectivity index is 1.08. The zero-order chi connectivity index (χ0) is 28.3. The second kappa shape index (κ2) is 12.6. The van der Waals surface area contributed by atoms with Crippen molar-refractivity contribution in [2.75, 3.05) is 32.7 Å². The second-order valence-electron chi connectivity index (χ2n) is 12.4. The Hall–Kier alpha value is -2.77. The van der Waals surface area contributed by atoms with E-state index in [-0.39, 0.29) is 5.82 Å². The summed E-state index contributed by atoms with van der Waals surface area (Å²) in [7, 11) is 0. The van der Waals surface area contributed by atoms with E-state index in [1.54, 1.807) is 6.07 Å². The number of benzene rings is 1. The minimum absolute atomic E-state index is 0.0165. The van der Waals surface area contributed by atoms with Crippen molar-refractivity contribution in [1.82, 2.24) is 24.9 Å². The number of piperazine rings is 1. The minimum Gasteiger partial charge on any atom is -0.421 e. The number of nitrogens with zero attached hydrogens (tertiary/aromatic N) is 5. The van der Waals surface area contributed by atoms with Gasteiger partial charge in [-0.2, -0.15) is 0 Å². The molecule has 2 aromatic rings. The van der Waals surface area contributed by atoms with Crippen molar-refractivity contribution >= 4 is 5.57 Å². The first kappa shape index (κ1) is 28.4. The predicted octanol–water partition coefficient (Wildman–Crippen LogP) is 6.85. The molecule has 1 atom stereocenters. The van der Waals surface area contributed by atoms with Gasteiger partial charge in [0.1, 0.15) is 5.82 Å². The van der Waals surface area contributed by atoms with Crippen LogP contribution in [0.4, 0.5) is 4.39 Å². The lowest BCUT2D eigenvalue weighted by molar-refractivity contribution is 0.0230. The third-order valence-electron chi connectivity index (χ3n) is 9.55. The van der Waals surface area contributed by atoms with Gasteiger partial charge in [-0.1, -0.05) is 44.6 Å². The molecule has 0 bridgehead atoms. The maximum atomic E-state index is 14.8. The maximum absolute atomic E-state index is 14.8. The Bertz CT molecular complexity index is 1300. The van der Waals surface area contributed by atoms with Crippen LogP contribution in [0.15, 0.2) is 52.1 Å². The molecule has 2 saturated heterocycles. The van der Waals surface area contributed by atoms with Crippen molar-refractivity contribution in [2.24, 2.45) is 0 Å². The standard InChI is InChI=1S/C34H46FN5O/c1-4-6-26-9-10-27(34-37-36-24(3)41-34)13-14-33(26)39-19-20-40(30(5-2)23-39)31-15-17-38(18-16-31)22-29-12-11-28(21-32(29)35)25-7-8-25/h9,11-14,21,25,30-31H,4-8,10,15-20,22-23H2,1-3H3/t30-/m0/s1. The molecule has 41 heavy (non-hydrogen) atoms. The van der Waals surface area contributed by atoms with Crippen molar-refractivity contribution in [3.8, 4) is 0 Å². The molecule has 4 aliphatic rings. The zero-order valence-corrected chi connectivity index (χ0v) is 25.1. The van der Waals surface area contributed by atoms with Crippen LogP contribution in [0.2, 0.25) is 0 Å². The largest absolute Gasteiger partial charge is 0.421 e. The molecular formula is C34H46FN5O. The van der Waals surface area contributed by atoms with E-state index in [1.165, 1.54) is 29.7 Å². The van der Waals surface area contributed by atoms with E-state index < -0.39 is 0 Å². The molecule has 0 radical (unpaired) electrons. The number of hydrogen-bond acceptors (Lipinski definition) is 6. The third-order valence-corrected chi connectivity index (χ3v) is 9.55. The van der Waals surface area contributed by atoms with Gasteiger partial charge in [0.05, 0.1) is 0 Å². The Kier molecular flexibility index (Phi) is 8.73. The van der Waals surface area contributed by atoms with Crippen LogP contribution < -0.4 is 0 Å². The minimum atomic E-state index is -0.0165. The molecule has 1 saturated carbocycles. The highest BCUT2D eigenvalue weighted by Gasteiger charge is 2.34. The molecule has 0 spiro atoms. The fraction of sp³-hybridized carbons (Fsp3) is 0.588. The number of hydrogen-bond donors (Lipinski definition) is 0. The van der Waals surface area contributed by atoms with Crippen molar-refractivity contribution < 1.29 is 8.81 Å². The van der Waals surface area contributed by atoms with E-state index in [9.17, 15) is 4.39 Å². The smallest absolute Gasteiger partial charge is 0.244 e. The van der Waals surface area contributed by atoms with Crippen molar-refractivity contribution in [3.63, 3.8) is 0 Å². The molecule has 0 N–H and O–H groups in total. The lowest BCUT2D eigenvalue weighted by atomic mass is 9.96. The zero-order valence-electron chi connectivity index (χ0n) is 25.1. The number of rotatable bonds is 9. The number of likely N-dealkylation sites (tertiary alicyclic amines) is 1. The number of aryl methyl sites for hydroxylation is 1. The summed E-state index contributed by atoms with van der Waals surface area (Å²) in [6, 6.07) is 7.13. The number of halogens is 1. The molecular weight excluding hydrogens is 513 g/mol. The fourth-order valence-corrected chi connectivity index (χ4v) is 7.03. The van der Waals surface area contributed by atoms with Crippen LogP contribution in [0.5, 0.6) is 0 Å². The quantitative estimate of drug-likeness (QED) is 0.335. The summed E-state index contributed by atoms with van der Waals surface area (Å²) in [4.78, 5) is 7.87. The first-order valence-electron chi connectivity index (χ1n) is 15.9. The van der Waals surface area contributed by atoms with E-state index >= 15 is 0 Å². The first-order valence-corrected chi connectivity index (χ1v) is 15.9. The van der Waals surface area contributed by atoms with Crippen LogP contribution in [0.1, 0.15) is 94.0 Å². The van der Waals surface area contributed by atoms with Gasteiger partial charge in [0.15, 0.2) is 0 Å². The van der Waals surface area contributed by atoms with Gasteiger partial charge in [-0.05, 0) is 87.2 Å². The van der Waals surface area contributed by atoms with Crippen LogP contribution in [0, 0.1) is 12.7 Å². The molecule has 2 aliphatic heterocycles. The van der Waals surface area contributed by atoms with Crippen LogP contribution >= 0.6 is 0 Å². The highest BCUT2D eigenvalue weighted by atomic mass is 19.1. The fourth-order valence-electron chi connectivity index (χ4n) is 7.03. The number of allylic oxidation sites excluding steroid dienone is 5. The van der Waals surface area contributed by atoms with Crippen LogP contribution in [-0.2, 0) is 6.54 Å². The van der Waals surface area contributed by atoms with Crippen molar-refractivity contribution in [2.45, 2.75) is 96.7 Å². The molecule has 6 rings (SSSR count). The average molecular weight is 560 g/mol. The highest BCUT2D eigenvalue weighted by Crippen LogP contribution is 2.40. The second-order valence-corrected chi connectivity index (χ2v) is 12.4. The Morgan fingerprint density at radius 2 is 1.83 bits per heavy atom. The third kappa shape index (κ3) is 6.51. The van der Waals surface area contributed by atoms with Gasteiger partial charge in [-0.3, -0.25) is 9.80 Å². The molecule has 0 unspecified atom stereocenters.